The van der Waals surface area contributed by atoms with E-state index in [1.807, 2.05) is 6.07 Å². The van der Waals surface area contributed by atoms with Gasteiger partial charge in [-0.1, -0.05) is 32.0 Å². The summed E-state index contributed by atoms with van der Waals surface area (Å²) >= 11 is 0. The first-order valence-corrected chi connectivity index (χ1v) is 11.4. The van der Waals surface area contributed by atoms with Crippen molar-refractivity contribution in [2.24, 2.45) is 5.41 Å². The van der Waals surface area contributed by atoms with Crippen LogP contribution in [0.5, 0.6) is 0 Å². The minimum atomic E-state index is -0.489. The van der Waals surface area contributed by atoms with Crippen LogP contribution in [0.1, 0.15) is 61.4 Å². The lowest BCUT2D eigenvalue weighted by Crippen LogP contribution is -2.43. The van der Waals surface area contributed by atoms with Gasteiger partial charge in [-0.3, -0.25) is 9.69 Å². The van der Waals surface area contributed by atoms with Crippen molar-refractivity contribution in [1.29, 1.82) is 0 Å². The van der Waals surface area contributed by atoms with E-state index in [0.717, 1.165) is 37.4 Å². The van der Waals surface area contributed by atoms with Gasteiger partial charge in [0.25, 0.3) is 0 Å². The first-order chi connectivity index (χ1) is 14.8. The van der Waals surface area contributed by atoms with Crippen LogP contribution in [-0.2, 0) is 24.2 Å². The van der Waals surface area contributed by atoms with Gasteiger partial charge in [-0.15, -0.1) is 0 Å². The Morgan fingerprint density at radius 1 is 1.35 bits per heavy atom. The SMILES string of the molecule is CCc1ccc2[nH]c(C)c(CN3CC[C@@](Cc4cc(C(C)C)no4)(C(=O)NC)C3)c2c1. The van der Waals surface area contributed by atoms with Crippen molar-refractivity contribution in [3.63, 3.8) is 0 Å². The Bertz CT molecular complexity index is 1080. The lowest BCUT2D eigenvalue weighted by molar-refractivity contribution is -0.130. The highest BCUT2D eigenvalue weighted by atomic mass is 16.5. The molecule has 0 radical (unpaired) electrons. The zero-order chi connectivity index (χ0) is 22.2. The van der Waals surface area contributed by atoms with E-state index in [1.54, 1.807) is 7.05 Å². The van der Waals surface area contributed by atoms with Crippen LogP contribution < -0.4 is 5.32 Å². The third kappa shape index (κ3) is 4.13. The first kappa shape index (κ1) is 21.6. The molecule has 2 aromatic heterocycles. The molecular weight excluding hydrogens is 388 g/mol. The molecule has 1 aliphatic rings. The molecule has 0 aliphatic carbocycles. The van der Waals surface area contributed by atoms with Crippen molar-refractivity contribution >= 4 is 16.8 Å². The van der Waals surface area contributed by atoms with Gasteiger partial charge in [-0.05, 0) is 55.5 Å². The van der Waals surface area contributed by atoms with Crippen LogP contribution in [0, 0.1) is 12.3 Å². The minimum Gasteiger partial charge on any atom is -0.361 e. The van der Waals surface area contributed by atoms with E-state index in [9.17, 15) is 4.79 Å². The molecule has 3 aromatic rings. The number of rotatable bonds is 7. The van der Waals surface area contributed by atoms with Gasteiger partial charge in [0.1, 0.15) is 5.76 Å². The molecule has 166 valence electrons. The third-order valence-corrected chi connectivity index (χ3v) is 6.80. The van der Waals surface area contributed by atoms with E-state index in [0.29, 0.717) is 18.9 Å². The second kappa shape index (κ2) is 8.50. The number of hydrogen-bond donors (Lipinski definition) is 2. The van der Waals surface area contributed by atoms with E-state index in [-0.39, 0.29) is 5.91 Å². The number of H-pyrrole nitrogens is 1. The summed E-state index contributed by atoms with van der Waals surface area (Å²) in [5.41, 5.74) is 5.52. The summed E-state index contributed by atoms with van der Waals surface area (Å²) in [5, 5.41) is 8.39. The maximum Gasteiger partial charge on any atom is 0.227 e. The first-order valence-electron chi connectivity index (χ1n) is 11.4. The Kier molecular flexibility index (Phi) is 5.93. The Labute approximate surface area is 184 Å². The molecule has 2 N–H and O–H groups in total. The molecule has 4 rings (SSSR count). The Hall–Kier alpha value is -2.60. The van der Waals surface area contributed by atoms with E-state index < -0.39 is 5.41 Å². The number of hydrogen-bond acceptors (Lipinski definition) is 4. The summed E-state index contributed by atoms with van der Waals surface area (Å²) in [6.45, 7) is 11.0. The summed E-state index contributed by atoms with van der Waals surface area (Å²) in [7, 11) is 1.72. The van der Waals surface area contributed by atoms with Crippen molar-refractivity contribution < 1.29 is 9.32 Å². The number of aromatic amines is 1. The van der Waals surface area contributed by atoms with Crippen LogP contribution in [0.15, 0.2) is 28.8 Å². The molecule has 0 spiro atoms. The van der Waals surface area contributed by atoms with Gasteiger partial charge in [0.2, 0.25) is 5.91 Å². The second-order valence-electron chi connectivity index (χ2n) is 9.33. The highest BCUT2D eigenvalue weighted by Gasteiger charge is 2.45. The summed E-state index contributed by atoms with van der Waals surface area (Å²) in [6, 6.07) is 8.68. The van der Waals surface area contributed by atoms with E-state index in [2.05, 4.69) is 66.3 Å². The average Bonchev–Trinajstić information content (AvgIpc) is 3.46. The van der Waals surface area contributed by atoms with Crippen molar-refractivity contribution in [1.82, 2.24) is 20.4 Å². The van der Waals surface area contributed by atoms with Crippen LogP contribution in [0.2, 0.25) is 0 Å². The van der Waals surface area contributed by atoms with Crippen LogP contribution in [0.4, 0.5) is 0 Å². The maximum atomic E-state index is 13.0. The number of carbonyl (C=O) groups is 1. The molecule has 1 aromatic carbocycles. The lowest BCUT2D eigenvalue weighted by atomic mass is 9.81. The highest BCUT2D eigenvalue weighted by molar-refractivity contribution is 5.85. The molecule has 6 heteroatoms. The van der Waals surface area contributed by atoms with E-state index >= 15 is 0 Å². The zero-order valence-corrected chi connectivity index (χ0v) is 19.3. The van der Waals surface area contributed by atoms with Crippen LogP contribution in [0.3, 0.4) is 0 Å². The van der Waals surface area contributed by atoms with E-state index in [4.69, 9.17) is 4.52 Å². The number of carbonyl (C=O) groups excluding carboxylic acids is 1. The molecule has 31 heavy (non-hydrogen) atoms. The number of aryl methyl sites for hydroxylation is 2. The molecular formula is C25H34N4O2. The van der Waals surface area contributed by atoms with Crippen molar-refractivity contribution in [2.45, 2.75) is 59.4 Å². The fraction of sp³-hybridized carbons (Fsp3) is 0.520. The number of nitrogens with one attached hydrogen (secondary N) is 2. The smallest absolute Gasteiger partial charge is 0.227 e. The molecule has 0 unspecified atom stereocenters. The van der Waals surface area contributed by atoms with Gasteiger partial charge in [-0.25, -0.2) is 0 Å². The monoisotopic (exact) mass is 422 g/mol. The van der Waals surface area contributed by atoms with Gasteiger partial charge < -0.3 is 14.8 Å². The van der Waals surface area contributed by atoms with E-state index in [1.165, 1.54) is 27.7 Å². The minimum absolute atomic E-state index is 0.0846. The molecule has 1 atom stereocenters. The van der Waals surface area contributed by atoms with Gasteiger partial charge in [-0.2, -0.15) is 0 Å². The van der Waals surface area contributed by atoms with Crippen LogP contribution in [-0.4, -0.2) is 41.1 Å². The molecule has 1 fully saturated rings. The van der Waals surface area contributed by atoms with Crippen LogP contribution in [0.25, 0.3) is 10.9 Å². The molecule has 0 bridgehead atoms. The lowest BCUT2D eigenvalue weighted by Gasteiger charge is -2.26. The van der Waals surface area contributed by atoms with Crippen molar-refractivity contribution in [3.8, 4) is 0 Å². The fourth-order valence-corrected chi connectivity index (χ4v) is 4.86. The van der Waals surface area contributed by atoms with Crippen molar-refractivity contribution in [3.05, 3.63) is 52.5 Å². The standard InChI is InChI=1S/C25H34N4O2/c1-6-18-7-8-22-20(11-18)21(17(4)27-22)14-29-10-9-25(15-29,24(30)26-5)13-19-12-23(16(2)3)28-31-19/h7-8,11-12,16,27H,6,9-10,13-15H2,1-5H3,(H,26,30)/t25-/m0/s1. The fourth-order valence-electron chi connectivity index (χ4n) is 4.86. The zero-order valence-electron chi connectivity index (χ0n) is 19.3. The highest BCUT2D eigenvalue weighted by Crippen LogP contribution is 2.37. The topological polar surface area (TPSA) is 74.2 Å². The van der Waals surface area contributed by atoms with Gasteiger partial charge >= 0.3 is 0 Å². The summed E-state index contributed by atoms with van der Waals surface area (Å²) in [5.74, 6) is 1.19. The molecule has 3 heterocycles. The number of nitrogens with zero attached hydrogens (tertiary/aromatic N) is 2. The summed E-state index contributed by atoms with van der Waals surface area (Å²) < 4.78 is 5.60. The number of benzene rings is 1. The Balaban J connectivity index is 1.57. The van der Waals surface area contributed by atoms with Crippen molar-refractivity contribution in [2.75, 3.05) is 20.1 Å². The molecule has 6 nitrogen and oxygen atoms in total. The maximum absolute atomic E-state index is 13.0. The Morgan fingerprint density at radius 2 is 2.16 bits per heavy atom. The molecule has 1 amide bonds. The normalized spacial score (nSPS) is 19.5. The average molecular weight is 423 g/mol. The molecule has 0 saturated carbocycles. The largest absolute Gasteiger partial charge is 0.361 e. The van der Waals surface area contributed by atoms with Gasteiger partial charge in [0.05, 0.1) is 11.1 Å². The molecule has 1 saturated heterocycles. The summed E-state index contributed by atoms with van der Waals surface area (Å²) in [4.78, 5) is 18.9. The summed E-state index contributed by atoms with van der Waals surface area (Å²) in [6.07, 6.45) is 2.42. The predicted octanol–water partition coefficient (Wildman–Crippen LogP) is 4.33. The third-order valence-electron chi connectivity index (χ3n) is 6.80. The van der Waals surface area contributed by atoms with Gasteiger partial charge in [0.15, 0.2) is 0 Å². The predicted molar refractivity (Wildman–Crippen MR) is 123 cm³/mol. The number of aromatic nitrogens is 2. The number of likely N-dealkylation sites (tertiary alicyclic amines) is 1. The number of amides is 1. The second-order valence-corrected chi connectivity index (χ2v) is 9.33. The van der Waals surface area contributed by atoms with Crippen LogP contribution >= 0.6 is 0 Å². The Morgan fingerprint density at radius 3 is 2.84 bits per heavy atom. The molecule has 1 aliphatic heterocycles. The quantitative estimate of drug-likeness (QED) is 0.594. The van der Waals surface area contributed by atoms with Gasteiger partial charge in [0, 0.05) is 49.2 Å². The number of fused-ring (bicyclic) bond motifs is 1.